The van der Waals surface area contributed by atoms with Crippen LogP contribution in [-0.2, 0) is 0 Å². The van der Waals surface area contributed by atoms with E-state index in [9.17, 15) is 0 Å². The highest BCUT2D eigenvalue weighted by molar-refractivity contribution is 6.31. The number of nitrogens with two attached hydrogens (primary N) is 1. The lowest BCUT2D eigenvalue weighted by Crippen LogP contribution is -2.28. The molecule has 0 aliphatic carbocycles. The van der Waals surface area contributed by atoms with Gasteiger partial charge in [-0.25, -0.2) is 5.43 Å². The smallest absolute Gasteiger partial charge is 0.0710 e. The number of nitrogens with one attached hydrogen (secondary N) is 1. The number of aryl methyl sites for hydroxylation is 2. The maximum absolute atomic E-state index is 6.17. The standard InChI is InChI=1S/C15H16Cl2N2/c1-9-3-4-12(8-14(9)17)15(19-18)11-5-6-13(16)10(2)7-11/h3-8,15,19H,18H2,1-2H3. The number of hydrazine groups is 1. The van der Waals surface area contributed by atoms with E-state index in [4.69, 9.17) is 29.0 Å². The molecule has 1 unspecified atom stereocenters. The molecule has 0 aliphatic rings. The van der Waals surface area contributed by atoms with Crippen molar-refractivity contribution in [2.75, 3.05) is 0 Å². The second-order valence-corrected chi connectivity index (χ2v) is 5.43. The van der Waals surface area contributed by atoms with E-state index in [1.54, 1.807) is 0 Å². The van der Waals surface area contributed by atoms with Gasteiger partial charge in [0.1, 0.15) is 0 Å². The fourth-order valence-electron chi connectivity index (χ4n) is 2.02. The van der Waals surface area contributed by atoms with Gasteiger partial charge in [0.25, 0.3) is 0 Å². The van der Waals surface area contributed by atoms with Crippen LogP contribution in [0.1, 0.15) is 28.3 Å². The van der Waals surface area contributed by atoms with Crippen molar-refractivity contribution < 1.29 is 0 Å². The molecule has 2 aromatic rings. The van der Waals surface area contributed by atoms with Gasteiger partial charge >= 0.3 is 0 Å². The van der Waals surface area contributed by atoms with Gasteiger partial charge in [0, 0.05) is 10.0 Å². The Morgan fingerprint density at radius 1 is 0.895 bits per heavy atom. The van der Waals surface area contributed by atoms with Crippen molar-refractivity contribution in [3.63, 3.8) is 0 Å². The molecule has 0 spiro atoms. The third-order valence-electron chi connectivity index (χ3n) is 3.21. The number of hydrogen-bond donors (Lipinski definition) is 2. The van der Waals surface area contributed by atoms with E-state index >= 15 is 0 Å². The van der Waals surface area contributed by atoms with Crippen molar-refractivity contribution in [1.29, 1.82) is 0 Å². The summed E-state index contributed by atoms with van der Waals surface area (Å²) in [4.78, 5) is 0. The summed E-state index contributed by atoms with van der Waals surface area (Å²) >= 11 is 12.2. The van der Waals surface area contributed by atoms with E-state index in [1.807, 2.05) is 50.2 Å². The highest BCUT2D eigenvalue weighted by atomic mass is 35.5. The van der Waals surface area contributed by atoms with E-state index < -0.39 is 0 Å². The average Bonchev–Trinajstić information content (AvgIpc) is 2.39. The van der Waals surface area contributed by atoms with Gasteiger partial charge in [-0.1, -0.05) is 47.5 Å². The van der Waals surface area contributed by atoms with E-state index in [2.05, 4.69) is 5.43 Å². The van der Waals surface area contributed by atoms with Gasteiger partial charge in [0.15, 0.2) is 0 Å². The van der Waals surface area contributed by atoms with E-state index in [0.29, 0.717) is 0 Å². The molecule has 0 amide bonds. The van der Waals surface area contributed by atoms with Crippen molar-refractivity contribution >= 4 is 23.2 Å². The Bertz CT molecular complexity index is 545. The molecule has 0 aliphatic heterocycles. The number of hydrogen-bond acceptors (Lipinski definition) is 2. The third kappa shape index (κ3) is 3.10. The average molecular weight is 295 g/mol. The van der Waals surface area contributed by atoms with Crippen LogP contribution in [0, 0.1) is 13.8 Å². The molecule has 2 nitrogen and oxygen atoms in total. The molecule has 3 N–H and O–H groups in total. The Morgan fingerprint density at radius 2 is 1.53 bits per heavy atom. The van der Waals surface area contributed by atoms with Gasteiger partial charge in [-0.3, -0.25) is 5.84 Å². The second-order valence-electron chi connectivity index (χ2n) is 4.62. The molecular formula is C15H16Cl2N2. The normalized spacial score (nSPS) is 12.5. The summed E-state index contributed by atoms with van der Waals surface area (Å²) in [5.41, 5.74) is 6.99. The van der Waals surface area contributed by atoms with Crippen molar-refractivity contribution in [2.24, 2.45) is 5.84 Å². The molecule has 0 heterocycles. The molecule has 0 bridgehead atoms. The first-order chi connectivity index (χ1) is 9.02. The zero-order valence-corrected chi connectivity index (χ0v) is 12.4. The van der Waals surface area contributed by atoms with Crippen molar-refractivity contribution in [2.45, 2.75) is 19.9 Å². The third-order valence-corrected chi connectivity index (χ3v) is 4.04. The zero-order chi connectivity index (χ0) is 14.0. The molecule has 1 atom stereocenters. The monoisotopic (exact) mass is 294 g/mol. The van der Waals surface area contributed by atoms with Crippen LogP contribution < -0.4 is 11.3 Å². The topological polar surface area (TPSA) is 38.0 Å². The highest BCUT2D eigenvalue weighted by Gasteiger charge is 2.14. The molecule has 0 fully saturated rings. The summed E-state index contributed by atoms with van der Waals surface area (Å²) in [7, 11) is 0. The van der Waals surface area contributed by atoms with E-state index in [0.717, 1.165) is 32.3 Å². The number of halogens is 2. The molecule has 19 heavy (non-hydrogen) atoms. The lowest BCUT2D eigenvalue weighted by Gasteiger charge is -2.18. The summed E-state index contributed by atoms with van der Waals surface area (Å²) in [5.74, 6) is 5.69. The zero-order valence-electron chi connectivity index (χ0n) is 10.9. The fraction of sp³-hybridized carbons (Fsp3) is 0.200. The van der Waals surface area contributed by atoms with Crippen molar-refractivity contribution in [1.82, 2.24) is 5.43 Å². The lowest BCUT2D eigenvalue weighted by molar-refractivity contribution is 0.636. The van der Waals surface area contributed by atoms with Gasteiger partial charge in [-0.15, -0.1) is 0 Å². The second kappa shape index (κ2) is 5.93. The molecule has 0 aromatic heterocycles. The van der Waals surface area contributed by atoms with Gasteiger partial charge in [0.05, 0.1) is 6.04 Å². The molecule has 4 heteroatoms. The highest BCUT2D eigenvalue weighted by Crippen LogP contribution is 2.28. The maximum Gasteiger partial charge on any atom is 0.0710 e. The minimum Gasteiger partial charge on any atom is -0.271 e. The minimum absolute atomic E-state index is 0.103. The van der Waals surface area contributed by atoms with Gasteiger partial charge in [0.2, 0.25) is 0 Å². The fourth-order valence-corrected chi connectivity index (χ4v) is 2.33. The Balaban J connectivity index is 2.43. The van der Waals surface area contributed by atoms with Crippen LogP contribution in [0.4, 0.5) is 0 Å². The van der Waals surface area contributed by atoms with Gasteiger partial charge < -0.3 is 0 Å². The van der Waals surface area contributed by atoms with Crippen LogP contribution in [0.5, 0.6) is 0 Å². The maximum atomic E-state index is 6.17. The molecule has 0 radical (unpaired) electrons. The summed E-state index contributed by atoms with van der Waals surface area (Å²) in [6.45, 7) is 3.95. The largest absolute Gasteiger partial charge is 0.271 e. The first-order valence-electron chi connectivity index (χ1n) is 6.01. The summed E-state index contributed by atoms with van der Waals surface area (Å²) < 4.78 is 0. The van der Waals surface area contributed by atoms with Crippen LogP contribution in [0.3, 0.4) is 0 Å². The first-order valence-corrected chi connectivity index (χ1v) is 6.76. The molecule has 0 saturated carbocycles. The molecule has 0 saturated heterocycles. The molecule has 2 aromatic carbocycles. The Kier molecular flexibility index (Phi) is 4.48. The first kappa shape index (κ1) is 14.4. The van der Waals surface area contributed by atoms with Crippen LogP contribution in [0.2, 0.25) is 10.0 Å². The van der Waals surface area contributed by atoms with Gasteiger partial charge in [-0.05, 0) is 48.2 Å². The van der Waals surface area contributed by atoms with E-state index in [1.165, 1.54) is 0 Å². The van der Waals surface area contributed by atoms with Gasteiger partial charge in [-0.2, -0.15) is 0 Å². The summed E-state index contributed by atoms with van der Waals surface area (Å²) in [6.07, 6.45) is 0. The lowest BCUT2D eigenvalue weighted by atomic mass is 9.97. The van der Waals surface area contributed by atoms with Crippen LogP contribution >= 0.6 is 23.2 Å². The SMILES string of the molecule is Cc1cc(C(NN)c2ccc(C)c(Cl)c2)ccc1Cl. The minimum atomic E-state index is -0.103. The molecule has 100 valence electrons. The van der Waals surface area contributed by atoms with Crippen LogP contribution in [0.25, 0.3) is 0 Å². The predicted molar refractivity (Wildman–Crippen MR) is 81.5 cm³/mol. The Hall–Kier alpha value is -1.06. The quantitative estimate of drug-likeness (QED) is 0.659. The van der Waals surface area contributed by atoms with E-state index in [-0.39, 0.29) is 6.04 Å². The van der Waals surface area contributed by atoms with Crippen LogP contribution in [-0.4, -0.2) is 0 Å². The van der Waals surface area contributed by atoms with Crippen molar-refractivity contribution in [3.8, 4) is 0 Å². The number of benzene rings is 2. The molecule has 2 rings (SSSR count). The molecular weight excluding hydrogens is 279 g/mol. The number of rotatable bonds is 3. The predicted octanol–water partition coefficient (Wildman–Crippen LogP) is 4.16. The Morgan fingerprint density at radius 3 is 2.11 bits per heavy atom. The summed E-state index contributed by atoms with van der Waals surface area (Å²) in [5, 5.41) is 1.49. The summed E-state index contributed by atoms with van der Waals surface area (Å²) in [6, 6.07) is 11.7. The Labute approximate surface area is 123 Å². The van der Waals surface area contributed by atoms with Crippen LogP contribution in [0.15, 0.2) is 36.4 Å². The van der Waals surface area contributed by atoms with Crippen molar-refractivity contribution in [3.05, 3.63) is 68.7 Å².